The zero-order valence-electron chi connectivity index (χ0n) is 6.18. The third-order valence-corrected chi connectivity index (χ3v) is 0.991. The Hall–Kier alpha value is -0.860. The van der Waals surface area contributed by atoms with Crippen LogP contribution in [0.3, 0.4) is 0 Å². The average Bonchev–Trinajstić information content (AvgIpc) is 1.82. The maximum atomic E-state index is 3.73. The van der Waals surface area contributed by atoms with E-state index in [4.69, 9.17) is 0 Å². The predicted octanol–water partition coefficient (Wildman–Crippen LogP) is 1.74. The summed E-state index contributed by atoms with van der Waals surface area (Å²) >= 11 is 0. The molecule has 0 bridgehead atoms. The van der Waals surface area contributed by atoms with Crippen molar-refractivity contribution in [2.45, 2.75) is 13.8 Å². The van der Waals surface area contributed by atoms with E-state index in [-0.39, 0.29) is 0 Å². The molecule has 0 radical (unpaired) electrons. The molecule has 0 fully saturated rings. The van der Waals surface area contributed by atoms with Crippen LogP contribution in [-0.4, -0.2) is 7.05 Å². The van der Waals surface area contributed by atoms with Crippen LogP contribution in [0.4, 0.5) is 0 Å². The molecule has 0 aromatic heterocycles. The second-order valence-electron chi connectivity index (χ2n) is 2.09. The minimum absolute atomic E-state index is 0.412. The summed E-state index contributed by atoms with van der Waals surface area (Å²) in [5.41, 5.74) is 3.59. The second kappa shape index (κ2) is 4.06. The first-order chi connectivity index (χ1) is 4.18. The van der Waals surface area contributed by atoms with Gasteiger partial charge in [0.25, 0.3) is 0 Å². The smallest absolute Gasteiger partial charge is 0.0509 e. The molecule has 1 N–H and O–H groups in total. The maximum Gasteiger partial charge on any atom is 0.0509 e. The van der Waals surface area contributed by atoms with Crippen molar-refractivity contribution in [2.75, 3.05) is 7.05 Å². The summed E-state index contributed by atoms with van der Waals surface area (Å²) in [7, 11) is 1.61. The summed E-state index contributed by atoms with van der Waals surface area (Å²) in [6.45, 7) is 7.81. The Balaban J connectivity index is 3.51. The minimum Gasteiger partial charge on any atom is -0.265 e. The Kier molecular flexibility index (Phi) is 3.67. The molecule has 0 aliphatic rings. The van der Waals surface area contributed by atoms with Crippen LogP contribution in [0.2, 0.25) is 0 Å². The van der Waals surface area contributed by atoms with Gasteiger partial charge in [0.2, 0.25) is 0 Å². The van der Waals surface area contributed by atoms with Gasteiger partial charge in [0, 0.05) is 5.70 Å². The molecule has 9 heavy (non-hydrogen) atoms. The van der Waals surface area contributed by atoms with Crippen molar-refractivity contribution in [2.24, 2.45) is 16.3 Å². The molecule has 3 nitrogen and oxygen atoms in total. The van der Waals surface area contributed by atoms with E-state index in [2.05, 4.69) is 22.3 Å². The molecule has 0 aromatic rings. The van der Waals surface area contributed by atoms with Crippen LogP contribution in [0, 0.1) is 5.92 Å². The normalized spacial score (nSPS) is 10.7. The fourth-order valence-corrected chi connectivity index (χ4v) is 0.243. The van der Waals surface area contributed by atoms with Crippen molar-refractivity contribution >= 4 is 0 Å². The molecule has 0 saturated carbocycles. The molecule has 0 aromatic carbocycles. The van der Waals surface area contributed by atoms with Gasteiger partial charge in [-0.25, -0.2) is 0 Å². The van der Waals surface area contributed by atoms with Crippen LogP contribution in [0.25, 0.3) is 0 Å². The molecule has 0 aliphatic carbocycles. The molecule has 0 spiro atoms. The monoisotopic (exact) mass is 127 g/mol. The fourth-order valence-electron chi connectivity index (χ4n) is 0.243. The van der Waals surface area contributed by atoms with Gasteiger partial charge in [-0.3, -0.25) is 5.43 Å². The average molecular weight is 127 g/mol. The summed E-state index contributed by atoms with van der Waals surface area (Å²) in [6, 6.07) is 0. The molecular weight excluding hydrogens is 114 g/mol. The number of allylic oxidation sites excluding steroid dienone is 1. The van der Waals surface area contributed by atoms with Crippen LogP contribution in [-0.2, 0) is 0 Å². The molecule has 0 aliphatic heterocycles. The Morgan fingerprint density at radius 1 is 1.56 bits per heavy atom. The van der Waals surface area contributed by atoms with Crippen LogP contribution >= 0.6 is 0 Å². The van der Waals surface area contributed by atoms with Gasteiger partial charge in [-0.2, -0.15) is 5.11 Å². The number of rotatable bonds is 3. The Bertz CT molecular complexity index is 115. The maximum absolute atomic E-state index is 3.73. The zero-order valence-corrected chi connectivity index (χ0v) is 6.18. The van der Waals surface area contributed by atoms with Gasteiger partial charge >= 0.3 is 0 Å². The lowest BCUT2D eigenvalue weighted by Gasteiger charge is -2.05. The first-order valence-electron chi connectivity index (χ1n) is 2.92. The topological polar surface area (TPSA) is 36.8 Å². The third-order valence-electron chi connectivity index (χ3n) is 0.991. The molecule has 0 unspecified atom stereocenters. The number of nitrogens with zero attached hydrogens (tertiary/aromatic N) is 2. The molecule has 3 heteroatoms. The number of nitrogens with one attached hydrogen (secondary N) is 1. The van der Waals surface area contributed by atoms with Crippen LogP contribution < -0.4 is 5.43 Å². The van der Waals surface area contributed by atoms with E-state index in [9.17, 15) is 0 Å². The van der Waals surface area contributed by atoms with Crippen LogP contribution in [0.5, 0.6) is 0 Å². The van der Waals surface area contributed by atoms with E-state index in [1.165, 1.54) is 0 Å². The summed E-state index contributed by atoms with van der Waals surface area (Å²) in [5, 5.41) is 7.08. The van der Waals surface area contributed by atoms with E-state index in [0.717, 1.165) is 5.70 Å². The van der Waals surface area contributed by atoms with Crippen LogP contribution in [0.15, 0.2) is 22.6 Å². The van der Waals surface area contributed by atoms with Gasteiger partial charge < -0.3 is 0 Å². The lowest BCUT2D eigenvalue weighted by atomic mass is 10.2. The van der Waals surface area contributed by atoms with E-state index in [1.807, 2.05) is 13.8 Å². The Labute approximate surface area is 55.8 Å². The van der Waals surface area contributed by atoms with Crippen molar-refractivity contribution in [3.05, 3.63) is 12.3 Å². The van der Waals surface area contributed by atoms with Gasteiger partial charge in [0.1, 0.15) is 0 Å². The molecule has 0 rings (SSSR count). The fraction of sp³-hybridized carbons (Fsp3) is 0.667. The van der Waals surface area contributed by atoms with Gasteiger partial charge in [-0.15, -0.1) is 0 Å². The highest BCUT2D eigenvalue weighted by atomic mass is 15.4. The number of hydrogen-bond acceptors (Lipinski definition) is 2. The van der Waals surface area contributed by atoms with Crippen molar-refractivity contribution in [3.63, 3.8) is 0 Å². The highest BCUT2D eigenvalue weighted by Crippen LogP contribution is 2.01. The van der Waals surface area contributed by atoms with Gasteiger partial charge in [0.05, 0.1) is 7.05 Å². The molecule has 0 atom stereocenters. The van der Waals surface area contributed by atoms with Crippen molar-refractivity contribution in [1.82, 2.24) is 5.43 Å². The predicted molar refractivity (Wildman–Crippen MR) is 37.9 cm³/mol. The van der Waals surface area contributed by atoms with Crippen molar-refractivity contribution in [1.29, 1.82) is 0 Å². The standard InChI is InChI=1S/C6H13N3/c1-5(2)6(3)8-9-7-4/h5H,3H2,1-2,4H3,(H,7,8). The van der Waals surface area contributed by atoms with Gasteiger partial charge in [0.15, 0.2) is 0 Å². The molecule has 0 saturated heterocycles. The van der Waals surface area contributed by atoms with E-state index < -0.39 is 0 Å². The molecule has 0 amide bonds. The molecule has 52 valence electrons. The third kappa shape index (κ3) is 3.70. The summed E-state index contributed by atoms with van der Waals surface area (Å²) in [6.07, 6.45) is 0. The van der Waals surface area contributed by atoms with Gasteiger partial charge in [-0.05, 0) is 5.92 Å². The van der Waals surface area contributed by atoms with Crippen LogP contribution in [0.1, 0.15) is 13.8 Å². The summed E-state index contributed by atoms with van der Waals surface area (Å²) in [5.74, 6) is 0.412. The lowest BCUT2D eigenvalue weighted by molar-refractivity contribution is 0.655. The summed E-state index contributed by atoms with van der Waals surface area (Å²) in [4.78, 5) is 0. The van der Waals surface area contributed by atoms with E-state index in [1.54, 1.807) is 7.05 Å². The largest absolute Gasteiger partial charge is 0.265 e. The quantitative estimate of drug-likeness (QED) is 0.455. The first kappa shape index (κ1) is 8.14. The first-order valence-corrected chi connectivity index (χ1v) is 2.92. The minimum atomic E-state index is 0.412. The second-order valence-corrected chi connectivity index (χ2v) is 2.09. The lowest BCUT2D eigenvalue weighted by Crippen LogP contribution is -2.08. The van der Waals surface area contributed by atoms with Gasteiger partial charge in [-0.1, -0.05) is 25.6 Å². The molecule has 0 heterocycles. The highest BCUT2D eigenvalue weighted by molar-refractivity contribution is 4.92. The van der Waals surface area contributed by atoms with Crippen molar-refractivity contribution < 1.29 is 0 Å². The van der Waals surface area contributed by atoms with Crippen molar-refractivity contribution in [3.8, 4) is 0 Å². The Morgan fingerprint density at radius 2 is 2.11 bits per heavy atom. The molecular formula is C6H13N3. The number of hydrogen-bond donors (Lipinski definition) is 1. The highest BCUT2D eigenvalue weighted by Gasteiger charge is 1.95. The van der Waals surface area contributed by atoms with E-state index in [0.29, 0.717) is 5.92 Å². The SMILES string of the molecule is C=C(NN=NC)C(C)C. The van der Waals surface area contributed by atoms with E-state index >= 15 is 0 Å². The Morgan fingerprint density at radius 3 is 2.44 bits per heavy atom. The summed E-state index contributed by atoms with van der Waals surface area (Å²) < 4.78 is 0. The zero-order chi connectivity index (χ0) is 7.28.